The summed E-state index contributed by atoms with van der Waals surface area (Å²) in [5.74, 6) is 1.58. The van der Waals surface area contributed by atoms with Crippen LogP contribution in [0, 0.1) is 11.3 Å². The van der Waals surface area contributed by atoms with Crippen LogP contribution in [-0.2, 0) is 0 Å². The van der Waals surface area contributed by atoms with Crippen LogP contribution in [0.2, 0.25) is 0 Å². The van der Waals surface area contributed by atoms with Gasteiger partial charge in [-0.1, -0.05) is 122 Å². The first-order chi connectivity index (χ1) is 26.3. The van der Waals surface area contributed by atoms with Gasteiger partial charge in [-0.15, -0.1) is 0 Å². The lowest BCUT2D eigenvalue weighted by atomic mass is 9.66. The average Bonchev–Trinajstić information content (AvgIpc) is 3.14. The molecule has 0 spiro atoms. The molecule has 2 fully saturated rings. The molecule has 7 nitrogen and oxygen atoms in total. The van der Waals surface area contributed by atoms with Gasteiger partial charge in [-0.25, -0.2) is 0 Å². The average molecular weight is 755 g/mol. The van der Waals surface area contributed by atoms with Gasteiger partial charge in [0.1, 0.15) is 5.75 Å². The molecular weight excluding hydrogens is 677 g/mol. The molecule has 0 radical (unpaired) electrons. The van der Waals surface area contributed by atoms with Gasteiger partial charge < -0.3 is 37.5 Å². The Kier molecular flexibility index (Phi) is 20.7. The standard InChI is InChI=1S/C32H52N6O.C16H26/c1-8-11-14-24(21-38(6)25(10-3)19-22(4)9-2)26-17-13-18-27(32(26)39-7)37-28(20-29(33)34)30(35)31(36-5)23-15-12-16-23;1-5-9-15(6-2)11-7-10-14(3)16(4)12-8-13-16/h11,13-14,17-18,20-22,25,36-37H,8-10,12,15-16,19,33-35H2,1-7H3;7,10-11H,3,5-6,8-9,12-13H2,1-2,4H3/b14-11-,24-21+,30-28+;10-7-,15-11-. The molecule has 2 atom stereocenters. The molecule has 2 saturated carbocycles. The second-order valence-corrected chi connectivity index (χ2v) is 15.7. The highest BCUT2D eigenvalue weighted by Gasteiger charge is 2.33. The van der Waals surface area contributed by atoms with Crippen molar-refractivity contribution < 1.29 is 4.74 Å². The number of hydrogen-bond donors (Lipinski definition) is 5. The van der Waals surface area contributed by atoms with Crippen LogP contribution < -0.4 is 32.6 Å². The Hall–Kier alpha value is -4.26. The number of allylic oxidation sites excluding steroid dienone is 10. The molecule has 0 amide bonds. The van der Waals surface area contributed by atoms with E-state index in [2.05, 4.69) is 120 Å². The Morgan fingerprint density at radius 3 is 2.24 bits per heavy atom. The van der Waals surface area contributed by atoms with Crippen molar-refractivity contribution in [1.82, 2.24) is 10.2 Å². The van der Waals surface area contributed by atoms with Gasteiger partial charge in [0.05, 0.1) is 35.7 Å². The molecule has 55 heavy (non-hydrogen) atoms. The summed E-state index contributed by atoms with van der Waals surface area (Å²) in [4.78, 5) is 2.35. The van der Waals surface area contributed by atoms with Crippen LogP contribution in [0.25, 0.3) is 5.57 Å². The van der Waals surface area contributed by atoms with E-state index >= 15 is 0 Å². The van der Waals surface area contributed by atoms with Crippen LogP contribution in [-0.4, -0.2) is 32.1 Å². The van der Waals surface area contributed by atoms with Gasteiger partial charge in [0, 0.05) is 43.5 Å². The second-order valence-electron chi connectivity index (χ2n) is 15.7. The Morgan fingerprint density at radius 1 is 1.04 bits per heavy atom. The fourth-order valence-corrected chi connectivity index (χ4v) is 7.07. The third kappa shape index (κ3) is 14.4. The number of rotatable bonds is 21. The summed E-state index contributed by atoms with van der Waals surface area (Å²) in [6, 6.07) is 6.56. The fraction of sp³-hybridized carbons (Fsp3) is 0.542. The Morgan fingerprint density at radius 2 is 1.75 bits per heavy atom. The zero-order valence-corrected chi connectivity index (χ0v) is 36.4. The number of ether oxygens (including phenoxy) is 1. The number of nitrogens with one attached hydrogen (secondary N) is 2. The van der Waals surface area contributed by atoms with Crippen molar-refractivity contribution in [2.45, 2.75) is 138 Å². The number of anilines is 1. The van der Waals surface area contributed by atoms with Gasteiger partial charge in [0.15, 0.2) is 0 Å². The van der Waals surface area contributed by atoms with E-state index in [1.165, 1.54) is 62.5 Å². The van der Waals surface area contributed by atoms with E-state index in [-0.39, 0.29) is 5.82 Å². The molecule has 0 bridgehead atoms. The van der Waals surface area contributed by atoms with Gasteiger partial charge in [0.25, 0.3) is 0 Å². The molecule has 2 aliphatic carbocycles. The Balaban J connectivity index is 0.000000543. The van der Waals surface area contributed by atoms with Crippen molar-refractivity contribution in [2.24, 2.45) is 28.5 Å². The number of para-hydroxylation sites is 1. The quantitative estimate of drug-likeness (QED) is 0.0794. The summed E-state index contributed by atoms with van der Waals surface area (Å²) in [7, 11) is 5.76. The number of nitrogens with two attached hydrogens (primary N) is 3. The smallest absolute Gasteiger partial charge is 0.150 e. The van der Waals surface area contributed by atoms with Crippen molar-refractivity contribution in [3.8, 4) is 5.75 Å². The van der Waals surface area contributed by atoms with Crippen molar-refractivity contribution >= 4 is 11.3 Å². The zero-order valence-electron chi connectivity index (χ0n) is 36.4. The summed E-state index contributed by atoms with van der Waals surface area (Å²) < 4.78 is 6.01. The summed E-state index contributed by atoms with van der Waals surface area (Å²) in [5, 5.41) is 6.74. The molecule has 0 aliphatic heterocycles. The summed E-state index contributed by atoms with van der Waals surface area (Å²) in [6.07, 6.45) is 30.2. The first kappa shape index (κ1) is 46.9. The maximum atomic E-state index is 6.67. The number of methoxy groups -OCH3 is 1. The largest absolute Gasteiger partial charge is 0.494 e. The van der Waals surface area contributed by atoms with Crippen molar-refractivity contribution in [3.05, 3.63) is 113 Å². The van der Waals surface area contributed by atoms with Crippen LogP contribution in [0.3, 0.4) is 0 Å². The number of likely N-dealkylation sites (N-methyl/N-ethyl adjacent to an activating group) is 1. The highest BCUT2D eigenvalue weighted by Crippen LogP contribution is 2.46. The van der Waals surface area contributed by atoms with Gasteiger partial charge in [-0.2, -0.15) is 0 Å². The second kappa shape index (κ2) is 24.3. The molecule has 3 rings (SSSR count). The van der Waals surface area contributed by atoms with E-state index in [1.54, 1.807) is 18.8 Å². The summed E-state index contributed by atoms with van der Waals surface area (Å²) in [5.41, 5.74) is 28.0. The first-order valence-electron chi connectivity index (χ1n) is 21.0. The van der Waals surface area contributed by atoms with Crippen LogP contribution in [0.5, 0.6) is 5.75 Å². The monoisotopic (exact) mass is 755 g/mol. The molecule has 2 unspecified atom stereocenters. The third-order valence-corrected chi connectivity index (χ3v) is 11.4. The van der Waals surface area contributed by atoms with Crippen LogP contribution in [0.4, 0.5) is 5.69 Å². The molecule has 2 aliphatic rings. The molecule has 7 heteroatoms. The summed E-state index contributed by atoms with van der Waals surface area (Å²) in [6.45, 7) is 20.0. The van der Waals surface area contributed by atoms with Crippen molar-refractivity contribution in [2.75, 3.05) is 26.5 Å². The van der Waals surface area contributed by atoms with Crippen LogP contribution >= 0.6 is 0 Å². The van der Waals surface area contributed by atoms with Gasteiger partial charge in [0.2, 0.25) is 0 Å². The highest BCUT2D eigenvalue weighted by atomic mass is 16.5. The van der Waals surface area contributed by atoms with E-state index < -0.39 is 0 Å². The predicted octanol–water partition coefficient (Wildman–Crippen LogP) is 11.6. The van der Waals surface area contributed by atoms with E-state index in [0.717, 1.165) is 60.4 Å². The van der Waals surface area contributed by atoms with Crippen molar-refractivity contribution in [3.63, 3.8) is 0 Å². The maximum Gasteiger partial charge on any atom is 0.150 e. The van der Waals surface area contributed by atoms with Gasteiger partial charge >= 0.3 is 0 Å². The first-order valence-corrected chi connectivity index (χ1v) is 21.0. The molecule has 0 heterocycles. The normalized spacial score (nSPS) is 16.9. The lowest BCUT2D eigenvalue weighted by molar-refractivity contribution is 0.221. The van der Waals surface area contributed by atoms with Crippen molar-refractivity contribution in [1.29, 1.82) is 0 Å². The fourth-order valence-electron chi connectivity index (χ4n) is 7.07. The Labute approximate surface area is 336 Å². The van der Waals surface area contributed by atoms with E-state index in [9.17, 15) is 0 Å². The van der Waals surface area contributed by atoms with Gasteiger partial charge in [-0.05, 0) is 92.8 Å². The van der Waals surface area contributed by atoms with Crippen LogP contribution in [0.15, 0.2) is 107 Å². The minimum atomic E-state index is 0.171. The lowest BCUT2D eigenvalue weighted by Gasteiger charge is -2.39. The Bertz CT molecular complexity index is 1570. The molecular formula is C48H78N6O. The van der Waals surface area contributed by atoms with E-state index in [0.29, 0.717) is 28.8 Å². The van der Waals surface area contributed by atoms with E-state index in [4.69, 9.17) is 21.9 Å². The number of hydrogen-bond acceptors (Lipinski definition) is 7. The highest BCUT2D eigenvalue weighted by molar-refractivity contribution is 5.82. The number of nitrogens with zero attached hydrogens (tertiary/aromatic N) is 1. The topological polar surface area (TPSA) is 115 Å². The molecule has 1 aromatic carbocycles. The third-order valence-electron chi connectivity index (χ3n) is 11.4. The maximum absolute atomic E-state index is 6.67. The van der Waals surface area contributed by atoms with Gasteiger partial charge in [-0.3, -0.25) is 0 Å². The summed E-state index contributed by atoms with van der Waals surface area (Å²) >= 11 is 0. The lowest BCUT2D eigenvalue weighted by Crippen LogP contribution is -2.28. The SMILES string of the molecule is C=C(/C=C\C=C(\CC)CCC)C1(C)CCC1.CC/C=C\C(=C/N(C)C(CC)CC(C)CC)c1cccc(N/C(C=C(N)N)=C(/N)C(NC)=C2CCC2)c1OC. The van der Waals surface area contributed by atoms with E-state index in [1.807, 2.05) is 19.2 Å². The molecule has 0 saturated heterocycles. The minimum Gasteiger partial charge on any atom is -0.494 e. The predicted molar refractivity (Wildman–Crippen MR) is 241 cm³/mol. The van der Waals surface area contributed by atoms with Crippen LogP contribution in [0.1, 0.15) is 138 Å². The zero-order chi connectivity index (χ0) is 41.0. The molecule has 8 N–H and O–H groups in total. The minimum absolute atomic E-state index is 0.171. The molecule has 0 aromatic heterocycles. The molecule has 306 valence electrons. The molecule has 1 aromatic rings. The number of benzene rings is 1.